The third-order valence-corrected chi connectivity index (χ3v) is 3.64. The fourth-order valence-electron chi connectivity index (χ4n) is 1.59. The lowest BCUT2D eigenvalue weighted by molar-refractivity contribution is 0.318. The molecule has 0 aliphatic heterocycles. The van der Waals surface area contributed by atoms with Crippen molar-refractivity contribution >= 4 is 17.2 Å². The fraction of sp³-hybridized carbons (Fsp3) is 0.273. The minimum atomic E-state index is 0.111. The van der Waals surface area contributed by atoms with Gasteiger partial charge in [-0.15, -0.1) is 11.3 Å². The van der Waals surface area contributed by atoms with Gasteiger partial charge in [0.05, 0.1) is 17.9 Å². The largest absolute Gasteiger partial charge is 0.409 e. The Labute approximate surface area is 103 Å². The van der Waals surface area contributed by atoms with Crippen molar-refractivity contribution < 1.29 is 5.21 Å². The number of amidine groups is 1. The maximum absolute atomic E-state index is 8.68. The number of aryl methyl sites for hydroxylation is 2. The van der Waals surface area contributed by atoms with E-state index in [1.165, 1.54) is 4.88 Å². The summed E-state index contributed by atoms with van der Waals surface area (Å²) in [7, 11) is 0. The van der Waals surface area contributed by atoms with Crippen molar-refractivity contribution in [3.05, 3.63) is 39.6 Å². The summed E-state index contributed by atoms with van der Waals surface area (Å²) in [5.74, 6) is 0.111. The van der Waals surface area contributed by atoms with Crippen LogP contribution in [0, 0.1) is 13.8 Å². The summed E-state index contributed by atoms with van der Waals surface area (Å²) in [6.45, 7) is 4.68. The fourth-order valence-corrected chi connectivity index (χ4v) is 2.52. The summed E-state index contributed by atoms with van der Waals surface area (Å²) in [6, 6.07) is 3.67. The molecule has 0 radical (unpaired) electrons. The van der Waals surface area contributed by atoms with E-state index in [4.69, 9.17) is 10.9 Å². The van der Waals surface area contributed by atoms with Crippen LogP contribution in [0.5, 0.6) is 0 Å². The van der Waals surface area contributed by atoms with Gasteiger partial charge in [-0.05, 0) is 26.0 Å². The Kier molecular flexibility index (Phi) is 3.14. The predicted octanol–water partition coefficient (Wildman–Crippen LogP) is 1.70. The zero-order valence-electron chi connectivity index (χ0n) is 9.71. The van der Waals surface area contributed by atoms with Crippen LogP contribution in [-0.4, -0.2) is 20.6 Å². The standard InChI is InChI=1S/C11H14N4OS/c1-7-8(2)17-10(13-7)6-15-5-3-4-9(15)11(12)14-16/h3-5,16H,6H2,1-2H3,(H2,12,14). The average Bonchev–Trinajstić information content (AvgIpc) is 2.86. The Morgan fingerprint density at radius 2 is 2.35 bits per heavy atom. The van der Waals surface area contributed by atoms with Crippen molar-refractivity contribution in [2.24, 2.45) is 10.9 Å². The maximum Gasteiger partial charge on any atom is 0.186 e. The van der Waals surface area contributed by atoms with E-state index < -0.39 is 0 Å². The normalized spacial score (nSPS) is 12.0. The quantitative estimate of drug-likeness (QED) is 0.377. The zero-order valence-corrected chi connectivity index (χ0v) is 10.5. The molecule has 0 amide bonds. The average molecular weight is 250 g/mol. The molecule has 0 fully saturated rings. The molecule has 0 bridgehead atoms. The van der Waals surface area contributed by atoms with Gasteiger partial charge < -0.3 is 15.5 Å². The number of aromatic nitrogens is 2. The number of hydrogen-bond acceptors (Lipinski definition) is 4. The molecule has 0 aliphatic carbocycles. The van der Waals surface area contributed by atoms with Crippen LogP contribution < -0.4 is 5.73 Å². The lowest BCUT2D eigenvalue weighted by atomic mass is 10.4. The van der Waals surface area contributed by atoms with Gasteiger partial charge in [0.25, 0.3) is 0 Å². The van der Waals surface area contributed by atoms with Gasteiger partial charge in [0.1, 0.15) is 5.01 Å². The van der Waals surface area contributed by atoms with Gasteiger partial charge in [-0.1, -0.05) is 5.16 Å². The Hall–Kier alpha value is -1.82. The van der Waals surface area contributed by atoms with Crippen LogP contribution in [0.15, 0.2) is 23.5 Å². The summed E-state index contributed by atoms with van der Waals surface area (Å²) in [5, 5.41) is 12.7. The molecule has 5 nitrogen and oxygen atoms in total. The third kappa shape index (κ3) is 2.31. The first kappa shape index (κ1) is 11.7. The van der Waals surface area contributed by atoms with E-state index in [1.54, 1.807) is 11.3 Å². The van der Waals surface area contributed by atoms with Crippen LogP contribution in [0.25, 0.3) is 0 Å². The molecular weight excluding hydrogens is 236 g/mol. The molecule has 2 aromatic rings. The van der Waals surface area contributed by atoms with Crippen molar-refractivity contribution in [2.75, 3.05) is 0 Å². The minimum Gasteiger partial charge on any atom is -0.409 e. The molecular formula is C11H14N4OS. The van der Waals surface area contributed by atoms with Gasteiger partial charge in [0, 0.05) is 11.1 Å². The molecule has 0 saturated heterocycles. The minimum absolute atomic E-state index is 0.111. The van der Waals surface area contributed by atoms with E-state index >= 15 is 0 Å². The molecule has 2 heterocycles. The molecule has 0 unspecified atom stereocenters. The van der Waals surface area contributed by atoms with Crippen molar-refractivity contribution in [3.8, 4) is 0 Å². The molecule has 17 heavy (non-hydrogen) atoms. The van der Waals surface area contributed by atoms with Crippen molar-refractivity contribution in [1.29, 1.82) is 0 Å². The van der Waals surface area contributed by atoms with E-state index in [-0.39, 0.29) is 5.84 Å². The molecule has 0 spiro atoms. The number of thiazole rings is 1. The highest BCUT2D eigenvalue weighted by atomic mass is 32.1. The van der Waals surface area contributed by atoms with E-state index in [0.717, 1.165) is 10.7 Å². The zero-order chi connectivity index (χ0) is 12.4. The predicted molar refractivity (Wildman–Crippen MR) is 67.6 cm³/mol. The molecule has 2 rings (SSSR count). The monoisotopic (exact) mass is 250 g/mol. The van der Waals surface area contributed by atoms with Crippen LogP contribution in [0.3, 0.4) is 0 Å². The van der Waals surface area contributed by atoms with Gasteiger partial charge in [-0.2, -0.15) is 0 Å². The molecule has 3 N–H and O–H groups in total. The van der Waals surface area contributed by atoms with Crippen LogP contribution in [0.1, 0.15) is 21.3 Å². The van der Waals surface area contributed by atoms with Gasteiger partial charge >= 0.3 is 0 Å². The molecule has 0 saturated carbocycles. The van der Waals surface area contributed by atoms with Crippen LogP contribution in [0.2, 0.25) is 0 Å². The molecule has 6 heteroatoms. The second-order valence-electron chi connectivity index (χ2n) is 3.76. The Bertz CT molecular complexity index is 536. The van der Waals surface area contributed by atoms with E-state index in [9.17, 15) is 0 Å². The van der Waals surface area contributed by atoms with Crippen molar-refractivity contribution in [2.45, 2.75) is 20.4 Å². The lowest BCUT2D eigenvalue weighted by Gasteiger charge is -2.05. The topological polar surface area (TPSA) is 76.4 Å². The summed E-state index contributed by atoms with van der Waals surface area (Å²) in [4.78, 5) is 5.69. The highest BCUT2D eigenvalue weighted by Crippen LogP contribution is 2.18. The number of nitrogens with two attached hydrogens (primary N) is 1. The van der Waals surface area contributed by atoms with E-state index in [0.29, 0.717) is 12.2 Å². The molecule has 0 aromatic carbocycles. The summed E-state index contributed by atoms with van der Waals surface area (Å²) in [6.07, 6.45) is 1.89. The van der Waals surface area contributed by atoms with Crippen LogP contribution in [0.4, 0.5) is 0 Å². The third-order valence-electron chi connectivity index (χ3n) is 2.58. The first-order valence-electron chi connectivity index (χ1n) is 5.17. The van der Waals surface area contributed by atoms with Gasteiger partial charge in [0.2, 0.25) is 0 Å². The first-order chi connectivity index (χ1) is 8.11. The smallest absolute Gasteiger partial charge is 0.186 e. The summed E-state index contributed by atoms with van der Waals surface area (Å²) < 4.78 is 1.91. The van der Waals surface area contributed by atoms with Crippen molar-refractivity contribution in [1.82, 2.24) is 9.55 Å². The van der Waals surface area contributed by atoms with E-state index in [1.807, 2.05) is 29.8 Å². The molecule has 2 aromatic heterocycles. The molecule has 90 valence electrons. The Morgan fingerprint density at radius 1 is 1.59 bits per heavy atom. The lowest BCUT2D eigenvalue weighted by Crippen LogP contribution is -2.18. The van der Waals surface area contributed by atoms with Gasteiger partial charge in [0.15, 0.2) is 5.84 Å². The van der Waals surface area contributed by atoms with Crippen molar-refractivity contribution in [3.63, 3.8) is 0 Å². The number of nitrogens with zero attached hydrogens (tertiary/aromatic N) is 3. The summed E-state index contributed by atoms with van der Waals surface area (Å²) in [5.41, 5.74) is 7.34. The Balaban J connectivity index is 2.27. The first-order valence-corrected chi connectivity index (χ1v) is 5.99. The SMILES string of the molecule is Cc1nc(Cn2cccc2/C(N)=N/O)sc1C. The van der Waals surface area contributed by atoms with Crippen LogP contribution in [-0.2, 0) is 6.54 Å². The second kappa shape index (κ2) is 4.58. The van der Waals surface area contributed by atoms with Gasteiger partial charge in [-0.25, -0.2) is 4.98 Å². The molecule has 0 atom stereocenters. The van der Waals surface area contributed by atoms with Gasteiger partial charge in [-0.3, -0.25) is 0 Å². The summed E-state index contributed by atoms with van der Waals surface area (Å²) >= 11 is 1.67. The number of hydrogen-bond donors (Lipinski definition) is 2. The second-order valence-corrected chi connectivity index (χ2v) is 5.04. The molecule has 0 aliphatic rings. The maximum atomic E-state index is 8.68. The highest BCUT2D eigenvalue weighted by Gasteiger charge is 2.09. The van der Waals surface area contributed by atoms with Crippen LogP contribution >= 0.6 is 11.3 Å². The number of oxime groups is 1. The Morgan fingerprint density at radius 3 is 2.94 bits per heavy atom. The number of rotatable bonds is 3. The van der Waals surface area contributed by atoms with E-state index in [2.05, 4.69) is 17.1 Å². The highest BCUT2D eigenvalue weighted by molar-refractivity contribution is 7.11.